The quantitative estimate of drug-likeness (QED) is 0.362. The maximum Gasteiger partial charge on any atom is 0.294 e. The lowest BCUT2D eigenvalue weighted by atomic mass is 10.1. The Morgan fingerprint density at radius 2 is 1.88 bits per heavy atom. The van der Waals surface area contributed by atoms with Crippen molar-refractivity contribution in [2.24, 2.45) is 5.84 Å². The van der Waals surface area contributed by atoms with E-state index in [-0.39, 0.29) is 10.6 Å². The van der Waals surface area contributed by atoms with Crippen LogP contribution in [0.3, 0.4) is 0 Å². The summed E-state index contributed by atoms with van der Waals surface area (Å²) in [4.78, 5) is -0.384. The fourth-order valence-corrected chi connectivity index (χ4v) is 2.14. The molecule has 0 aliphatic rings. The fourth-order valence-electron chi connectivity index (χ4n) is 1.62. The number of phenolic OH excluding ortho intramolecular Hbond substituents is 1. The second-order valence-corrected chi connectivity index (χ2v) is 4.88. The Kier molecular flexibility index (Phi) is 2.66. The zero-order valence-corrected chi connectivity index (χ0v) is 9.40. The van der Waals surface area contributed by atoms with Gasteiger partial charge in [0, 0.05) is 16.8 Å². The first-order valence-electron chi connectivity index (χ1n) is 4.63. The summed E-state index contributed by atoms with van der Waals surface area (Å²) in [5.41, 5.74) is 2.84. The Morgan fingerprint density at radius 1 is 1.18 bits per heavy atom. The van der Waals surface area contributed by atoms with Gasteiger partial charge in [0.1, 0.15) is 5.75 Å². The molecule has 0 atom stereocenters. The molecule has 7 heteroatoms. The highest BCUT2D eigenvalue weighted by Gasteiger charge is 2.14. The molecule has 0 radical (unpaired) electrons. The van der Waals surface area contributed by atoms with Crippen LogP contribution < -0.4 is 11.3 Å². The molecule has 5 N–H and O–H groups in total. The highest BCUT2D eigenvalue weighted by molar-refractivity contribution is 7.85. The summed E-state index contributed by atoms with van der Waals surface area (Å²) in [5.74, 6) is 5.04. The summed E-state index contributed by atoms with van der Waals surface area (Å²) in [6.07, 6.45) is 0. The lowest BCUT2D eigenvalue weighted by molar-refractivity contribution is 0.471. The number of nitrogen functional groups attached to an aromatic ring is 1. The molecular weight excluding hydrogens is 244 g/mol. The maximum atomic E-state index is 11.0. The van der Waals surface area contributed by atoms with Crippen molar-refractivity contribution in [3.8, 4) is 5.75 Å². The summed E-state index contributed by atoms with van der Waals surface area (Å²) < 4.78 is 31.0. The Hall–Kier alpha value is -1.83. The number of hydrogen-bond donors (Lipinski definition) is 4. The predicted octanol–water partition coefficient (Wildman–Crippen LogP) is 1.08. The highest BCUT2D eigenvalue weighted by atomic mass is 32.2. The summed E-state index contributed by atoms with van der Waals surface area (Å²) in [6, 6.07) is 7.11. The smallest absolute Gasteiger partial charge is 0.294 e. The van der Waals surface area contributed by atoms with Gasteiger partial charge >= 0.3 is 0 Å². The first-order chi connectivity index (χ1) is 7.93. The van der Waals surface area contributed by atoms with Gasteiger partial charge in [-0.05, 0) is 12.1 Å². The number of nitrogens with one attached hydrogen (secondary N) is 1. The zero-order valence-electron chi connectivity index (χ0n) is 8.58. The summed E-state index contributed by atoms with van der Waals surface area (Å²) in [7, 11) is -4.37. The number of rotatable bonds is 2. The van der Waals surface area contributed by atoms with E-state index in [2.05, 4.69) is 5.43 Å². The number of benzene rings is 2. The molecule has 2 aromatic rings. The Labute approximate surface area is 97.4 Å². The van der Waals surface area contributed by atoms with Gasteiger partial charge in [0.15, 0.2) is 0 Å². The van der Waals surface area contributed by atoms with Gasteiger partial charge in [0.05, 0.1) is 10.6 Å². The van der Waals surface area contributed by atoms with Crippen LogP contribution in [0.2, 0.25) is 0 Å². The molecule has 17 heavy (non-hydrogen) atoms. The average Bonchev–Trinajstić information content (AvgIpc) is 2.27. The van der Waals surface area contributed by atoms with Gasteiger partial charge in [-0.2, -0.15) is 8.42 Å². The molecule has 0 bridgehead atoms. The minimum Gasteiger partial charge on any atom is -0.507 e. The van der Waals surface area contributed by atoms with Gasteiger partial charge in [0.25, 0.3) is 10.1 Å². The van der Waals surface area contributed by atoms with E-state index in [0.717, 1.165) is 6.07 Å². The Morgan fingerprint density at radius 3 is 2.47 bits per heavy atom. The molecule has 0 fully saturated rings. The number of anilines is 1. The van der Waals surface area contributed by atoms with Crippen molar-refractivity contribution >= 4 is 26.6 Å². The van der Waals surface area contributed by atoms with Crippen LogP contribution in [-0.4, -0.2) is 18.1 Å². The molecule has 0 unspecified atom stereocenters. The molecule has 0 spiro atoms. The number of nitrogens with two attached hydrogens (primary N) is 1. The van der Waals surface area contributed by atoms with Crippen LogP contribution in [0.5, 0.6) is 5.75 Å². The van der Waals surface area contributed by atoms with Gasteiger partial charge in [-0.1, -0.05) is 12.1 Å². The third-order valence-electron chi connectivity index (χ3n) is 2.40. The largest absolute Gasteiger partial charge is 0.507 e. The molecule has 0 heterocycles. The minimum absolute atomic E-state index is 0.243. The van der Waals surface area contributed by atoms with E-state index >= 15 is 0 Å². The topological polar surface area (TPSA) is 113 Å². The molecule has 0 amide bonds. The van der Waals surface area contributed by atoms with Crippen LogP contribution in [0.1, 0.15) is 0 Å². The van der Waals surface area contributed by atoms with Crippen LogP contribution in [0, 0.1) is 0 Å². The van der Waals surface area contributed by atoms with E-state index in [1.807, 2.05) is 0 Å². The van der Waals surface area contributed by atoms with Crippen LogP contribution in [0.25, 0.3) is 10.8 Å². The van der Waals surface area contributed by atoms with Crippen molar-refractivity contribution in [2.45, 2.75) is 4.90 Å². The van der Waals surface area contributed by atoms with Crippen LogP contribution >= 0.6 is 0 Å². The Balaban J connectivity index is 2.88. The molecule has 2 rings (SSSR count). The second-order valence-electron chi connectivity index (χ2n) is 3.46. The monoisotopic (exact) mass is 254 g/mol. The third-order valence-corrected chi connectivity index (χ3v) is 3.23. The van der Waals surface area contributed by atoms with Crippen molar-refractivity contribution < 1.29 is 18.1 Å². The van der Waals surface area contributed by atoms with E-state index in [0.29, 0.717) is 16.5 Å². The Bertz CT molecular complexity index is 682. The lowest BCUT2D eigenvalue weighted by Crippen LogP contribution is -2.07. The summed E-state index contributed by atoms with van der Waals surface area (Å²) in [5, 5.41) is 10.5. The van der Waals surface area contributed by atoms with Crippen LogP contribution in [-0.2, 0) is 10.1 Å². The molecule has 90 valence electrons. The number of hydrogen-bond acceptors (Lipinski definition) is 5. The predicted molar refractivity (Wildman–Crippen MR) is 63.2 cm³/mol. The van der Waals surface area contributed by atoms with Crippen LogP contribution in [0.15, 0.2) is 35.2 Å². The number of fused-ring (bicyclic) bond motifs is 1. The van der Waals surface area contributed by atoms with Gasteiger partial charge in [0.2, 0.25) is 0 Å². The normalized spacial score (nSPS) is 11.6. The lowest BCUT2D eigenvalue weighted by Gasteiger charge is -2.08. The van der Waals surface area contributed by atoms with E-state index in [4.69, 9.17) is 10.4 Å². The molecule has 0 saturated carbocycles. The number of phenols is 1. The van der Waals surface area contributed by atoms with Crippen molar-refractivity contribution in [1.29, 1.82) is 0 Å². The maximum absolute atomic E-state index is 11.0. The van der Waals surface area contributed by atoms with E-state index in [9.17, 15) is 13.5 Å². The van der Waals surface area contributed by atoms with Crippen LogP contribution in [0.4, 0.5) is 5.69 Å². The standard InChI is InChI=1S/C10H10N2O4S/c11-12-9-3-1-2-7-8(9)4-6(5-10(7)13)17(14,15)16/h1-5,12-13H,11H2,(H,14,15,16). The van der Waals surface area contributed by atoms with Gasteiger partial charge in [-0.25, -0.2) is 0 Å². The molecule has 6 nitrogen and oxygen atoms in total. The number of hydrazine groups is 1. The molecular formula is C10H10N2O4S. The molecule has 0 saturated heterocycles. The van der Waals surface area contributed by atoms with E-state index < -0.39 is 10.1 Å². The highest BCUT2D eigenvalue weighted by Crippen LogP contribution is 2.32. The van der Waals surface area contributed by atoms with Crippen molar-refractivity contribution in [3.63, 3.8) is 0 Å². The third kappa shape index (κ3) is 2.03. The average molecular weight is 254 g/mol. The number of aromatic hydroxyl groups is 1. The minimum atomic E-state index is -4.37. The first-order valence-corrected chi connectivity index (χ1v) is 6.07. The van der Waals surface area contributed by atoms with Crippen molar-refractivity contribution in [3.05, 3.63) is 30.3 Å². The van der Waals surface area contributed by atoms with Gasteiger partial charge in [-0.15, -0.1) is 0 Å². The van der Waals surface area contributed by atoms with E-state index in [1.54, 1.807) is 18.2 Å². The van der Waals surface area contributed by atoms with E-state index in [1.165, 1.54) is 6.07 Å². The van der Waals surface area contributed by atoms with Gasteiger partial charge in [-0.3, -0.25) is 10.4 Å². The first kappa shape index (κ1) is 11.6. The molecule has 0 aromatic heterocycles. The molecule has 2 aromatic carbocycles. The SMILES string of the molecule is NNc1cccc2c(O)cc(S(=O)(=O)O)cc12. The van der Waals surface area contributed by atoms with Crippen molar-refractivity contribution in [2.75, 3.05) is 5.43 Å². The summed E-state index contributed by atoms with van der Waals surface area (Å²) in [6.45, 7) is 0. The van der Waals surface area contributed by atoms with Crippen molar-refractivity contribution in [1.82, 2.24) is 0 Å². The van der Waals surface area contributed by atoms with Gasteiger partial charge < -0.3 is 10.5 Å². The zero-order chi connectivity index (χ0) is 12.6. The molecule has 0 aliphatic heterocycles. The second kappa shape index (κ2) is 3.88. The summed E-state index contributed by atoms with van der Waals surface area (Å²) >= 11 is 0. The fraction of sp³-hybridized carbons (Fsp3) is 0. The molecule has 0 aliphatic carbocycles.